The zero-order valence-corrected chi connectivity index (χ0v) is 12.7. The molecule has 1 aromatic carbocycles. The fourth-order valence-electron chi connectivity index (χ4n) is 2.58. The second-order valence-corrected chi connectivity index (χ2v) is 7.48. The van der Waals surface area contributed by atoms with Gasteiger partial charge in [-0.3, -0.25) is 10.1 Å². The molecule has 1 amide bonds. The van der Waals surface area contributed by atoms with E-state index in [2.05, 4.69) is 5.32 Å². The highest BCUT2D eigenvalue weighted by Gasteiger charge is 2.34. The Labute approximate surface area is 126 Å². The van der Waals surface area contributed by atoms with E-state index in [0.717, 1.165) is 11.5 Å². The van der Waals surface area contributed by atoms with Crippen LogP contribution in [0, 0.1) is 5.82 Å². The molecule has 0 saturated carbocycles. The number of hydrogen-bond donors (Lipinski definition) is 1. The molecule has 1 N–H and O–H groups in total. The largest absolute Gasteiger partial charge is 0.321 e. The summed E-state index contributed by atoms with van der Waals surface area (Å²) >= 11 is 3.85. The minimum atomic E-state index is -0.323. The number of benzene rings is 1. The van der Waals surface area contributed by atoms with Gasteiger partial charge in [0.2, 0.25) is 5.91 Å². The number of nitrogens with one attached hydrogen (secondary N) is 1. The highest BCUT2D eigenvalue weighted by molar-refractivity contribution is 8.06. The predicted octanol–water partition coefficient (Wildman–Crippen LogP) is 2.10. The summed E-state index contributed by atoms with van der Waals surface area (Å²) in [6, 6.07) is 6.68. The van der Waals surface area contributed by atoms with Gasteiger partial charge >= 0.3 is 0 Å². The second kappa shape index (κ2) is 6.37. The molecule has 108 valence electrons. The minimum Gasteiger partial charge on any atom is -0.321 e. The lowest BCUT2D eigenvalue weighted by molar-refractivity contribution is -0.128. The van der Waals surface area contributed by atoms with Crippen molar-refractivity contribution in [3.8, 4) is 0 Å². The first kappa shape index (κ1) is 14.2. The maximum Gasteiger partial charge on any atom is 0.238 e. The van der Waals surface area contributed by atoms with Gasteiger partial charge in [0.25, 0.3) is 0 Å². The van der Waals surface area contributed by atoms with Gasteiger partial charge in [-0.05, 0) is 6.07 Å². The summed E-state index contributed by atoms with van der Waals surface area (Å²) in [4.78, 5) is 13.9. The molecule has 0 spiro atoms. The molecule has 3 nitrogen and oxygen atoms in total. The zero-order valence-electron chi connectivity index (χ0n) is 11.0. The van der Waals surface area contributed by atoms with Gasteiger partial charge in [0.05, 0.1) is 6.54 Å². The Kier molecular flexibility index (Phi) is 4.53. The molecule has 6 heteroatoms. The summed E-state index contributed by atoms with van der Waals surface area (Å²) in [5.41, 5.74) is 0.562. The summed E-state index contributed by atoms with van der Waals surface area (Å²) in [5, 5.41) is 3.57. The van der Waals surface area contributed by atoms with Crippen LogP contribution in [0.15, 0.2) is 24.3 Å². The SMILES string of the molecule is O=C1CNC(c2ccccc2F)N1CC1CSCCS1. The van der Waals surface area contributed by atoms with Crippen molar-refractivity contribution in [2.24, 2.45) is 0 Å². The predicted molar refractivity (Wildman–Crippen MR) is 82.4 cm³/mol. The van der Waals surface area contributed by atoms with Crippen LogP contribution in [0.1, 0.15) is 11.7 Å². The number of amides is 1. The highest BCUT2D eigenvalue weighted by Crippen LogP contribution is 2.30. The van der Waals surface area contributed by atoms with Gasteiger partial charge in [0.15, 0.2) is 0 Å². The summed E-state index contributed by atoms with van der Waals surface area (Å²) in [6.07, 6.45) is -0.323. The van der Waals surface area contributed by atoms with Crippen molar-refractivity contribution in [3.63, 3.8) is 0 Å². The van der Waals surface area contributed by atoms with Crippen molar-refractivity contribution in [1.82, 2.24) is 10.2 Å². The lowest BCUT2D eigenvalue weighted by Gasteiger charge is -2.30. The molecule has 2 heterocycles. The van der Waals surface area contributed by atoms with Gasteiger partial charge in [0, 0.05) is 34.6 Å². The molecule has 2 aliphatic heterocycles. The molecule has 20 heavy (non-hydrogen) atoms. The van der Waals surface area contributed by atoms with E-state index < -0.39 is 0 Å². The maximum absolute atomic E-state index is 13.9. The van der Waals surface area contributed by atoms with Gasteiger partial charge in [-0.15, -0.1) is 0 Å². The first-order chi connectivity index (χ1) is 9.75. The number of nitrogens with zero attached hydrogens (tertiary/aromatic N) is 1. The fourth-order valence-corrected chi connectivity index (χ4v) is 5.25. The Hall–Kier alpha value is -0.720. The molecule has 0 bridgehead atoms. The molecule has 3 rings (SSSR count). The van der Waals surface area contributed by atoms with E-state index in [9.17, 15) is 9.18 Å². The van der Waals surface area contributed by atoms with Crippen LogP contribution in [0.2, 0.25) is 0 Å². The van der Waals surface area contributed by atoms with E-state index in [1.165, 1.54) is 11.8 Å². The van der Waals surface area contributed by atoms with Gasteiger partial charge in [-0.1, -0.05) is 18.2 Å². The van der Waals surface area contributed by atoms with Crippen molar-refractivity contribution in [2.75, 3.05) is 30.3 Å². The van der Waals surface area contributed by atoms with Crippen LogP contribution in [-0.4, -0.2) is 46.4 Å². The lowest BCUT2D eigenvalue weighted by atomic mass is 10.1. The topological polar surface area (TPSA) is 32.3 Å². The van der Waals surface area contributed by atoms with E-state index in [1.807, 2.05) is 29.6 Å². The van der Waals surface area contributed by atoms with E-state index >= 15 is 0 Å². The Balaban J connectivity index is 1.76. The third kappa shape index (κ3) is 2.97. The van der Waals surface area contributed by atoms with Gasteiger partial charge in [0.1, 0.15) is 12.0 Å². The van der Waals surface area contributed by atoms with Crippen molar-refractivity contribution < 1.29 is 9.18 Å². The van der Waals surface area contributed by atoms with E-state index in [0.29, 0.717) is 23.9 Å². The molecule has 0 radical (unpaired) electrons. The van der Waals surface area contributed by atoms with Gasteiger partial charge in [-0.25, -0.2) is 4.39 Å². The molecule has 0 aliphatic carbocycles. The van der Waals surface area contributed by atoms with Crippen LogP contribution in [-0.2, 0) is 4.79 Å². The third-order valence-electron chi connectivity index (χ3n) is 3.56. The number of thioether (sulfide) groups is 2. The van der Waals surface area contributed by atoms with Crippen LogP contribution in [0.4, 0.5) is 4.39 Å². The number of carbonyl (C=O) groups is 1. The third-order valence-corrected chi connectivity index (χ3v) is 6.39. The average molecular weight is 312 g/mol. The quantitative estimate of drug-likeness (QED) is 0.926. The number of halogens is 1. The Bertz CT molecular complexity index is 494. The Morgan fingerprint density at radius 1 is 1.35 bits per heavy atom. The van der Waals surface area contributed by atoms with Crippen LogP contribution in [0.5, 0.6) is 0 Å². The molecule has 0 aromatic heterocycles. The molecule has 2 unspecified atom stereocenters. The first-order valence-corrected chi connectivity index (χ1v) is 8.92. The molecule has 2 saturated heterocycles. The smallest absolute Gasteiger partial charge is 0.238 e. The molecular formula is C14H17FN2OS2. The Morgan fingerprint density at radius 3 is 2.95 bits per heavy atom. The number of carbonyl (C=O) groups excluding carboxylic acids is 1. The highest BCUT2D eigenvalue weighted by atomic mass is 32.2. The first-order valence-electron chi connectivity index (χ1n) is 6.72. The summed E-state index contributed by atoms with van der Waals surface area (Å²) < 4.78 is 13.9. The average Bonchev–Trinajstić information content (AvgIpc) is 2.82. The number of hydrogen-bond acceptors (Lipinski definition) is 4. The maximum atomic E-state index is 13.9. The lowest BCUT2D eigenvalue weighted by Crippen LogP contribution is -2.38. The van der Waals surface area contributed by atoms with Gasteiger partial charge < -0.3 is 4.90 Å². The van der Waals surface area contributed by atoms with Crippen molar-refractivity contribution in [2.45, 2.75) is 11.4 Å². The molecule has 1 aromatic rings. The molecule has 2 atom stereocenters. The Morgan fingerprint density at radius 2 is 2.20 bits per heavy atom. The van der Waals surface area contributed by atoms with Crippen molar-refractivity contribution >= 4 is 29.4 Å². The van der Waals surface area contributed by atoms with Crippen LogP contribution < -0.4 is 5.32 Å². The normalized spacial score (nSPS) is 27.1. The monoisotopic (exact) mass is 312 g/mol. The molecule has 2 aliphatic rings. The van der Waals surface area contributed by atoms with Crippen molar-refractivity contribution in [1.29, 1.82) is 0 Å². The summed E-state index contributed by atoms with van der Waals surface area (Å²) in [7, 11) is 0. The van der Waals surface area contributed by atoms with E-state index in [4.69, 9.17) is 0 Å². The van der Waals surface area contributed by atoms with Crippen LogP contribution in [0.25, 0.3) is 0 Å². The zero-order chi connectivity index (χ0) is 13.9. The minimum absolute atomic E-state index is 0.0643. The second-order valence-electron chi connectivity index (χ2n) is 4.92. The number of rotatable bonds is 3. The van der Waals surface area contributed by atoms with Crippen LogP contribution in [0.3, 0.4) is 0 Å². The van der Waals surface area contributed by atoms with E-state index in [1.54, 1.807) is 17.0 Å². The summed E-state index contributed by atoms with van der Waals surface area (Å²) in [5.74, 6) is 3.20. The van der Waals surface area contributed by atoms with E-state index in [-0.39, 0.29) is 17.9 Å². The van der Waals surface area contributed by atoms with Crippen LogP contribution >= 0.6 is 23.5 Å². The summed E-state index contributed by atoms with van der Waals surface area (Å²) in [6.45, 7) is 0.992. The standard InChI is InChI=1S/C14H17FN2OS2/c15-12-4-2-1-3-11(12)14-16-7-13(18)17(14)8-10-9-19-5-6-20-10/h1-4,10,14,16H,5-9H2. The van der Waals surface area contributed by atoms with Gasteiger partial charge in [-0.2, -0.15) is 23.5 Å². The molecule has 2 fully saturated rings. The van der Waals surface area contributed by atoms with Crippen molar-refractivity contribution in [3.05, 3.63) is 35.6 Å². The fraction of sp³-hybridized carbons (Fsp3) is 0.500. The molecular weight excluding hydrogens is 295 g/mol.